The zero-order valence-electron chi connectivity index (χ0n) is 7.01. The van der Waals surface area contributed by atoms with Crippen LogP contribution in [0.4, 0.5) is 0 Å². The second-order valence-corrected chi connectivity index (χ2v) is 2.89. The number of aliphatic hydroxyl groups is 1. The van der Waals surface area contributed by atoms with Gasteiger partial charge in [-0.1, -0.05) is 26.3 Å². The van der Waals surface area contributed by atoms with Gasteiger partial charge in [-0.25, -0.2) is 0 Å². The van der Waals surface area contributed by atoms with Gasteiger partial charge in [0.05, 0.1) is 6.10 Å². The molecule has 1 N–H and O–H groups in total. The Morgan fingerprint density at radius 3 is 2.60 bits per heavy atom. The van der Waals surface area contributed by atoms with Crippen LogP contribution in [0.3, 0.4) is 0 Å². The van der Waals surface area contributed by atoms with Crippen molar-refractivity contribution in [2.75, 3.05) is 0 Å². The van der Waals surface area contributed by atoms with Crippen molar-refractivity contribution in [2.24, 2.45) is 5.92 Å². The largest absolute Gasteiger partial charge is 0.393 e. The molecular formula is C9H18O. The summed E-state index contributed by atoms with van der Waals surface area (Å²) in [6.07, 6.45) is 4.59. The average Bonchev–Trinajstić information content (AvgIpc) is 1.88. The molecule has 0 aliphatic rings. The first-order valence-electron chi connectivity index (χ1n) is 4.01. The Morgan fingerprint density at radius 2 is 2.20 bits per heavy atom. The molecule has 0 aliphatic heterocycles. The van der Waals surface area contributed by atoms with E-state index in [0.29, 0.717) is 5.92 Å². The number of aliphatic hydroxyl groups excluding tert-OH is 1. The molecule has 60 valence electrons. The second kappa shape index (κ2) is 5.48. The van der Waals surface area contributed by atoms with Crippen molar-refractivity contribution in [3.63, 3.8) is 0 Å². The predicted octanol–water partition coefficient (Wildman–Crippen LogP) is 2.36. The zero-order valence-corrected chi connectivity index (χ0v) is 7.01. The van der Waals surface area contributed by atoms with Crippen molar-refractivity contribution in [2.45, 2.75) is 39.2 Å². The number of allylic oxidation sites excluding steroid dienone is 1. The zero-order chi connectivity index (χ0) is 7.98. The van der Waals surface area contributed by atoms with Gasteiger partial charge in [0.15, 0.2) is 0 Å². The topological polar surface area (TPSA) is 20.2 Å². The van der Waals surface area contributed by atoms with Crippen LogP contribution in [-0.2, 0) is 0 Å². The summed E-state index contributed by atoms with van der Waals surface area (Å²) < 4.78 is 0. The van der Waals surface area contributed by atoms with E-state index in [1.54, 1.807) is 0 Å². The normalized spacial score (nSPS) is 16.3. The highest BCUT2D eigenvalue weighted by molar-refractivity contribution is 4.77. The number of rotatable bonds is 5. The summed E-state index contributed by atoms with van der Waals surface area (Å²) in [7, 11) is 0. The fraction of sp³-hybridized carbons (Fsp3) is 0.778. The van der Waals surface area contributed by atoms with Crippen LogP contribution in [0.5, 0.6) is 0 Å². The van der Waals surface area contributed by atoms with Gasteiger partial charge in [-0.3, -0.25) is 0 Å². The maximum absolute atomic E-state index is 9.30. The summed E-state index contributed by atoms with van der Waals surface area (Å²) in [6, 6.07) is 0. The molecule has 0 radical (unpaired) electrons. The molecule has 0 heterocycles. The summed E-state index contributed by atoms with van der Waals surface area (Å²) in [4.78, 5) is 0. The van der Waals surface area contributed by atoms with Gasteiger partial charge in [0, 0.05) is 0 Å². The maximum atomic E-state index is 9.30. The Morgan fingerprint density at radius 1 is 1.60 bits per heavy atom. The van der Waals surface area contributed by atoms with Crippen molar-refractivity contribution in [1.29, 1.82) is 0 Å². The van der Waals surface area contributed by atoms with Crippen LogP contribution in [0.1, 0.15) is 33.1 Å². The lowest BCUT2D eigenvalue weighted by atomic mass is 10.0. The van der Waals surface area contributed by atoms with Gasteiger partial charge in [-0.2, -0.15) is 0 Å². The molecule has 0 aromatic heterocycles. The highest BCUT2D eigenvalue weighted by Crippen LogP contribution is 2.10. The molecule has 0 bridgehead atoms. The van der Waals surface area contributed by atoms with Gasteiger partial charge in [-0.05, 0) is 18.8 Å². The predicted molar refractivity (Wildman–Crippen MR) is 44.9 cm³/mol. The smallest absolute Gasteiger partial charge is 0.0545 e. The molecule has 0 aromatic rings. The third-order valence-electron chi connectivity index (χ3n) is 1.67. The minimum absolute atomic E-state index is 0.127. The third-order valence-corrected chi connectivity index (χ3v) is 1.67. The molecule has 0 amide bonds. The summed E-state index contributed by atoms with van der Waals surface area (Å²) in [5.41, 5.74) is 0. The third kappa shape index (κ3) is 4.57. The molecule has 0 spiro atoms. The molecule has 1 nitrogen and oxygen atoms in total. The van der Waals surface area contributed by atoms with Crippen molar-refractivity contribution < 1.29 is 5.11 Å². The van der Waals surface area contributed by atoms with Gasteiger partial charge in [-0.15, -0.1) is 6.58 Å². The Bertz CT molecular complexity index is 88.7. The Hall–Kier alpha value is -0.300. The highest BCUT2D eigenvalue weighted by atomic mass is 16.3. The van der Waals surface area contributed by atoms with E-state index in [-0.39, 0.29) is 6.10 Å². The first-order chi connectivity index (χ1) is 4.70. The van der Waals surface area contributed by atoms with Crippen LogP contribution in [0, 0.1) is 5.92 Å². The molecule has 0 aliphatic carbocycles. The van der Waals surface area contributed by atoms with E-state index in [4.69, 9.17) is 0 Å². The molecule has 0 aromatic carbocycles. The summed E-state index contributed by atoms with van der Waals surface area (Å²) in [6.45, 7) is 7.82. The molecule has 0 saturated carbocycles. The van der Waals surface area contributed by atoms with Crippen LogP contribution < -0.4 is 0 Å². The monoisotopic (exact) mass is 142 g/mol. The minimum atomic E-state index is -0.127. The fourth-order valence-corrected chi connectivity index (χ4v) is 0.976. The van der Waals surface area contributed by atoms with Gasteiger partial charge in [0.25, 0.3) is 0 Å². The van der Waals surface area contributed by atoms with Gasteiger partial charge < -0.3 is 5.11 Å². The number of hydrogen-bond acceptors (Lipinski definition) is 1. The first kappa shape index (κ1) is 9.70. The standard InChI is InChI=1S/C9H18O/c1-4-6-9(10)7-8(3)5-2/h5,8-10H,2,4,6-7H2,1,3H3/t8-,9-/m0/s1. The maximum Gasteiger partial charge on any atom is 0.0545 e. The molecule has 0 saturated heterocycles. The van der Waals surface area contributed by atoms with Gasteiger partial charge in [0.2, 0.25) is 0 Å². The summed E-state index contributed by atoms with van der Waals surface area (Å²) in [5.74, 6) is 0.446. The molecule has 0 unspecified atom stereocenters. The van der Waals surface area contributed by atoms with Crippen LogP contribution >= 0.6 is 0 Å². The highest BCUT2D eigenvalue weighted by Gasteiger charge is 2.05. The lowest BCUT2D eigenvalue weighted by molar-refractivity contribution is 0.143. The van der Waals surface area contributed by atoms with Crippen LogP contribution in [0.15, 0.2) is 12.7 Å². The Balaban J connectivity index is 3.36. The van der Waals surface area contributed by atoms with E-state index in [2.05, 4.69) is 20.4 Å². The second-order valence-electron chi connectivity index (χ2n) is 2.89. The Kier molecular flexibility index (Phi) is 5.32. The molecule has 0 rings (SSSR count). The molecule has 1 heteroatoms. The van der Waals surface area contributed by atoms with Gasteiger partial charge >= 0.3 is 0 Å². The van der Waals surface area contributed by atoms with Crippen molar-refractivity contribution in [3.8, 4) is 0 Å². The quantitative estimate of drug-likeness (QED) is 0.584. The number of hydrogen-bond donors (Lipinski definition) is 1. The van der Waals surface area contributed by atoms with E-state index in [1.165, 1.54) is 0 Å². The SMILES string of the molecule is C=C[C@H](C)C[C@@H](O)CCC. The van der Waals surface area contributed by atoms with Crippen LogP contribution in [0.2, 0.25) is 0 Å². The van der Waals surface area contributed by atoms with E-state index in [9.17, 15) is 5.11 Å². The lowest BCUT2D eigenvalue weighted by Gasteiger charge is -2.11. The minimum Gasteiger partial charge on any atom is -0.393 e. The first-order valence-corrected chi connectivity index (χ1v) is 4.01. The molecule has 10 heavy (non-hydrogen) atoms. The average molecular weight is 142 g/mol. The van der Waals surface area contributed by atoms with Crippen molar-refractivity contribution in [1.82, 2.24) is 0 Å². The van der Waals surface area contributed by atoms with E-state index < -0.39 is 0 Å². The lowest BCUT2D eigenvalue weighted by Crippen LogP contribution is -2.09. The van der Waals surface area contributed by atoms with Gasteiger partial charge in [0.1, 0.15) is 0 Å². The molecule has 0 fully saturated rings. The van der Waals surface area contributed by atoms with E-state index >= 15 is 0 Å². The molecule has 2 atom stereocenters. The Labute approximate surface area is 63.8 Å². The van der Waals surface area contributed by atoms with Crippen LogP contribution in [0.25, 0.3) is 0 Å². The summed E-state index contributed by atoms with van der Waals surface area (Å²) >= 11 is 0. The molecular weight excluding hydrogens is 124 g/mol. The van der Waals surface area contributed by atoms with E-state index in [0.717, 1.165) is 19.3 Å². The summed E-state index contributed by atoms with van der Waals surface area (Å²) in [5, 5.41) is 9.30. The van der Waals surface area contributed by atoms with Crippen molar-refractivity contribution in [3.05, 3.63) is 12.7 Å². The van der Waals surface area contributed by atoms with Crippen molar-refractivity contribution >= 4 is 0 Å². The van der Waals surface area contributed by atoms with E-state index in [1.807, 2.05) is 6.08 Å². The fourth-order valence-electron chi connectivity index (χ4n) is 0.976. The van der Waals surface area contributed by atoms with Crippen LogP contribution in [-0.4, -0.2) is 11.2 Å².